The molecule has 0 aromatic heterocycles. The van der Waals surface area contributed by atoms with Crippen LogP contribution in [0.1, 0.15) is 46.6 Å². The summed E-state index contributed by atoms with van der Waals surface area (Å²) in [4.78, 5) is 0. The van der Waals surface area contributed by atoms with Crippen LogP contribution in [0.25, 0.3) is 0 Å². The maximum atomic E-state index is 6.36. The van der Waals surface area contributed by atoms with Gasteiger partial charge < -0.3 is 10.1 Å². The van der Waals surface area contributed by atoms with E-state index in [0.29, 0.717) is 0 Å². The molecular weight excluding hydrogens is 258 g/mol. The number of methoxy groups -OCH3 is 1. The first kappa shape index (κ1) is 16.3. The molecule has 0 heterocycles. The van der Waals surface area contributed by atoms with E-state index in [-0.39, 0.29) is 11.0 Å². The van der Waals surface area contributed by atoms with Crippen molar-refractivity contribution in [2.24, 2.45) is 0 Å². The number of halogens is 1. The van der Waals surface area contributed by atoms with E-state index in [1.807, 2.05) is 12.1 Å². The topological polar surface area (TPSA) is 21.3 Å². The Hall–Kier alpha value is -0.730. The third-order valence-electron chi connectivity index (χ3n) is 3.31. The average molecular weight is 284 g/mol. The summed E-state index contributed by atoms with van der Waals surface area (Å²) < 4.78 is 5.19. The Morgan fingerprint density at radius 2 is 1.79 bits per heavy atom. The van der Waals surface area contributed by atoms with E-state index in [9.17, 15) is 0 Å². The van der Waals surface area contributed by atoms with Crippen LogP contribution in [0.4, 0.5) is 0 Å². The zero-order chi connectivity index (χ0) is 14.7. The number of hydrogen-bond acceptors (Lipinski definition) is 2. The maximum absolute atomic E-state index is 6.36. The molecule has 3 heteroatoms. The van der Waals surface area contributed by atoms with Gasteiger partial charge >= 0.3 is 0 Å². The van der Waals surface area contributed by atoms with Crippen molar-refractivity contribution in [2.45, 2.75) is 52.0 Å². The van der Waals surface area contributed by atoms with Crippen molar-refractivity contribution in [1.29, 1.82) is 0 Å². The number of nitrogens with one attached hydrogen (secondary N) is 1. The number of benzene rings is 1. The molecule has 0 bridgehead atoms. The van der Waals surface area contributed by atoms with E-state index < -0.39 is 0 Å². The molecule has 0 saturated carbocycles. The first-order chi connectivity index (χ1) is 8.65. The maximum Gasteiger partial charge on any atom is 0.120 e. The van der Waals surface area contributed by atoms with Crippen LogP contribution in [0.15, 0.2) is 18.2 Å². The van der Waals surface area contributed by atoms with Gasteiger partial charge in [0.1, 0.15) is 5.75 Å². The normalized spacial score (nSPS) is 12.6. The van der Waals surface area contributed by atoms with Crippen LogP contribution in [0.3, 0.4) is 0 Å². The predicted octanol–water partition coefficient (Wildman–Crippen LogP) is 4.40. The minimum atomic E-state index is 0.0433. The molecule has 1 aromatic rings. The highest BCUT2D eigenvalue weighted by molar-refractivity contribution is 6.31. The fourth-order valence-electron chi connectivity index (χ4n) is 2.06. The highest BCUT2D eigenvalue weighted by atomic mass is 35.5. The third kappa shape index (κ3) is 5.04. The molecule has 0 aliphatic heterocycles. The summed E-state index contributed by atoms with van der Waals surface area (Å²) in [5.74, 6) is 0.803. The zero-order valence-electron chi connectivity index (χ0n) is 12.9. The standard InChI is InChI=1S/C16H26ClNO/c1-15(2,3)18-10-9-16(4,5)13-8-7-12(19-6)11-14(13)17/h7-8,11,18H,9-10H2,1-6H3. The SMILES string of the molecule is COc1ccc(C(C)(C)CCNC(C)(C)C)c(Cl)c1. The van der Waals surface area contributed by atoms with Crippen molar-refractivity contribution in [3.8, 4) is 5.75 Å². The molecule has 0 radical (unpaired) electrons. The third-order valence-corrected chi connectivity index (χ3v) is 3.62. The lowest BCUT2D eigenvalue weighted by molar-refractivity contribution is 0.379. The molecule has 0 aliphatic rings. The van der Waals surface area contributed by atoms with Gasteiger partial charge in [-0.2, -0.15) is 0 Å². The fourth-order valence-corrected chi connectivity index (χ4v) is 2.48. The van der Waals surface area contributed by atoms with Crippen molar-refractivity contribution in [1.82, 2.24) is 5.32 Å². The van der Waals surface area contributed by atoms with Gasteiger partial charge in [-0.1, -0.05) is 31.5 Å². The second-order valence-corrected chi connectivity index (χ2v) is 7.06. The molecule has 1 aromatic carbocycles. The minimum Gasteiger partial charge on any atom is -0.497 e. The molecular formula is C16H26ClNO. The Bertz CT molecular complexity index is 421. The number of ether oxygens (including phenoxy) is 1. The second kappa shape index (κ2) is 6.15. The van der Waals surface area contributed by atoms with Crippen LogP contribution in [0, 0.1) is 0 Å². The summed E-state index contributed by atoms with van der Waals surface area (Å²) in [5, 5.41) is 4.30. The molecule has 2 nitrogen and oxygen atoms in total. The van der Waals surface area contributed by atoms with Gasteiger partial charge in [-0.3, -0.25) is 0 Å². The fraction of sp³-hybridized carbons (Fsp3) is 0.625. The van der Waals surface area contributed by atoms with Crippen LogP contribution >= 0.6 is 11.6 Å². The van der Waals surface area contributed by atoms with Gasteiger partial charge in [-0.15, -0.1) is 0 Å². The number of hydrogen-bond donors (Lipinski definition) is 1. The molecule has 0 amide bonds. The summed E-state index contributed by atoms with van der Waals surface area (Å²) in [7, 11) is 1.66. The summed E-state index contributed by atoms with van der Waals surface area (Å²) in [6.07, 6.45) is 1.04. The highest BCUT2D eigenvalue weighted by Gasteiger charge is 2.24. The molecule has 108 valence electrons. The Morgan fingerprint density at radius 1 is 1.16 bits per heavy atom. The molecule has 0 spiro atoms. The van der Waals surface area contributed by atoms with Crippen molar-refractivity contribution in [2.75, 3.05) is 13.7 Å². The lowest BCUT2D eigenvalue weighted by atomic mass is 9.81. The van der Waals surface area contributed by atoms with Crippen molar-refractivity contribution < 1.29 is 4.74 Å². The first-order valence-corrected chi connectivity index (χ1v) is 7.12. The van der Waals surface area contributed by atoms with Crippen LogP contribution in [0.2, 0.25) is 5.02 Å². The Balaban J connectivity index is 2.76. The smallest absolute Gasteiger partial charge is 0.120 e. The Morgan fingerprint density at radius 3 is 2.26 bits per heavy atom. The molecule has 0 unspecified atom stereocenters. The summed E-state index contributed by atoms with van der Waals surface area (Å²) in [6.45, 7) is 12.0. The van der Waals surface area contributed by atoms with E-state index in [0.717, 1.165) is 23.7 Å². The van der Waals surface area contributed by atoms with Crippen LogP contribution in [0.5, 0.6) is 5.75 Å². The van der Waals surface area contributed by atoms with Gasteiger partial charge in [0.15, 0.2) is 0 Å². The lowest BCUT2D eigenvalue weighted by Gasteiger charge is -2.29. The first-order valence-electron chi connectivity index (χ1n) is 6.75. The zero-order valence-corrected chi connectivity index (χ0v) is 13.7. The molecule has 0 saturated heterocycles. The lowest BCUT2D eigenvalue weighted by Crippen LogP contribution is -2.38. The molecule has 1 rings (SSSR count). The summed E-state index contributed by atoms with van der Waals surface area (Å²) >= 11 is 6.36. The summed E-state index contributed by atoms with van der Waals surface area (Å²) in [6, 6.07) is 5.92. The van der Waals surface area contributed by atoms with Gasteiger partial charge in [-0.05, 0) is 56.8 Å². The predicted molar refractivity (Wildman–Crippen MR) is 83.4 cm³/mol. The van der Waals surface area contributed by atoms with E-state index in [2.05, 4.69) is 46.0 Å². The molecule has 0 fully saturated rings. The Kier molecular flexibility index (Phi) is 5.28. The molecule has 0 aliphatic carbocycles. The van der Waals surface area contributed by atoms with Crippen LogP contribution in [-0.2, 0) is 5.41 Å². The second-order valence-electron chi connectivity index (χ2n) is 6.66. The van der Waals surface area contributed by atoms with Gasteiger partial charge in [-0.25, -0.2) is 0 Å². The van der Waals surface area contributed by atoms with Gasteiger partial charge in [0.2, 0.25) is 0 Å². The average Bonchev–Trinajstić information content (AvgIpc) is 2.26. The van der Waals surface area contributed by atoms with Crippen LogP contribution < -0.4 is 10.1 Å². The molecule has 19 heavy (non-hydrogen) atoms. The van der Waals surface area contributed by atoms with E-state index in [1.54, 1.807) is 7.11 Å². The van der Waals surface area contributed by atoms with Crippen molar-refractivity contribution in [3.05, 3.63) is 28.8 Å². The van der Waals surface area contributed by atoms with Gasteiger partial charge in [0.25, 0.3) is 0 Å². The van der Waals surface area contributed by atoms with Crippen molar-refractivity contribution in [3.63, 3.8) is 0 Å². The van der Waals surface area contributed by atoms with Gasteiger partial charge in [0, 0.05) is 10.6 Å². The molecule has 0 atom stereocenters. The van der Waals surface area contributed by atoms with E-state index in [1.165, 1.54) is 5.56 Å². The Labute approximate surface area is 122 Å². The molecule has 1 N–H and O–H groups in total. The highest BCUT2D eigenvalue weighted by Crippen LogP contribution is 2.34. The van der Waals surface area contributed by atoms with E-state index >= 15 is 0 Å². The summed E-state index contributed by atoms with van der Waals surface area (Å²) in [5.41, 5.74) is 1.37. The monoisotopic (exact) mass is 283 g/mol. The van der Waals surface area contributed by atoms with Crippen molar-refractivity contribution >= 4 is 11.6 Å². The van der Waals surface area contributed by atoms with Gasteiger partial charge in [0.05, 0.1) is 7.11 Å². The quantitative estimate of drug-likeness (QED) is 0.864. The van der Waals surface area contributed by atoms with E-state index in [4.69, 9.17) is 16.3 Å². The minimum absolute atomic E-state index is 0.0433. The number of rotatable bonds is 5. The van der Waals surface area contributed by atoms with Crippen LogP contribution in [-0.4, -0.2) is 19.2 Å². The largest absolute Gasteiger partial charge is 0.497 e.